The Bertz CT molecular complexity index is 356. The highest BCUT2D eigenvalue weighted by Crippen LogP contribution is 2.25. The molecule has 0 amide bonds. The third-order valence-electron chi connectivity index (χ3n) is 2.04. The number of aryl methyl sites for hydroxylation is 2. The standard InChI is InChI=1S/C11H14O3/c1-7-4-8(2)11(14-3)9(5-7)6-10(12)13/h4-5H,6H2,1-3H3,(H,12,13). The van der Waals surface area contributed by atoms with E-state index in [0.29, 0.717) is 5.75 Å². The minimum atomic E-state index is -0.840. The molecule has 3 heteroatoms. The van der Waals surface area contributed by atoms with Gasteiger partial charge in [-0.1, -0.05) is 17.7 Å². The highest BCUT2D eigenvalue weighted by atomic mass is 16.5. The van der Waals surface area contributed by atoms with Crippen LogP contribution in [0.25, 0.3) is 0 Å². The third-order valence-corrected chi connectivity index (χ3v) is 2.04. The molecule has 3 nitrogen and oxygen atoms in total. The lowest BCUT2D eigenvalue weighted by molar-refractivity contribution is -0.136. The number of carboxylic acid groups (broad SMARTS) is 1. The minimum Gasteiger partial charge on any atom is -0.496 e. The van der Waals surface area contributed by atoms with Crippen LogP contribution in [-0.2, 0) is 11.2 Å². The molecule has 0 radical (unpaired) electrons. The molecule has 76 valence electrons. The fraction of sp³-hybridized carbons (Fsp3) is 0.364. The van der Waals surface area contributed by atoms with Crippen molar-refractivity contribution in [2.75, 3.05) is 7.11 Å². The van der Waals surface area contributed by atoms with Gasteiger partial charge in [0.2, 0.25) is 0 Å². The molecule has 0 bridgehead atoms. The number of aliphatic carboxylic acids is 1. The van der Waals surface area contributed by atoms with Crippen LogP contribution in [0.5, 0.6) is 5.75 Å². The van der Waals surface area contributed by atoms with E-state index in [1.54, 1.807) is 7.11 Å². The number of benzene rings is 1. The molecule has 0 unspecified atom stereocenters. The van der Waals surface area contributed by atoms with Crippen LogP contribution in [0.4, 0.5) is 0 Å². The smallest absolute Gasteiger partial charge is 0.307 e. The number of methoxy groups -OCH3 is 1. The van der Waals surface area contributed by atoms with Gasteiger partial charge in [0.15, 0.2) is 0 Å². The summed E-state index contributed by atoms with van der Waals surface area (Å²) in [6.45, 7) is 3.86. The molecule has 14 heavy (non-hydrogen) atoms. The largest absolute Gasteiger partial charge is 0.496 e. The van der Waals surface area contributed by atoms with Gasteiger partial charge in [-0.05, 0) is 19.4 Å². The van der Waals surface area contributed by atoms with Crippen molar-refractivity contribution >= 4 is 5.97 Å². The van der Waals surface area contributed by atoms with Crippen LogP contribution >= 0.6 is 0 Å². The van der Waals surface area contributed by atoms with E-state index in [1.165, 1.54) is 0 Å². The lowest BCUT2D eigenvalue weighted by Gasteiger charge is -2.10. The van der Waals surface area contributed by atoms with Gasteiger partial charge < -0.3 is 9.84 Å². The van der Waals surface area contributed by atoms with Crippen LogP contribution in [0.2, 0.25) is 0 Å². The van der Waals surface area contributed by atoms with Gasteiger partial charge in [-0.2, -0.15) is 0 Å². The maximum absolute atomic E-state index is 10.6. The van der Waals surface area contributed by atoms with Crippen molar-refractivity contribution in [1.82, 2.24) is 0 Å². The van der Waals surface area contributed by atoms with Crippen molar-refractivity contribution in [2.24, 2.45) is 0 Å². The summed E-state index contributed by atoms with van der Waals surface area (Å²) < 4.78 is 5.17. The first-order valence-corrected chi connectivity index (χ1v) is 4.40. The summed E-state index contributed by atoms with van der Waals surface area (Å²) in [7, 11) is 1.56. The Kier molecular flexibility index (Phi) is 3.12. The van der Waals surface area contributed by atoms with Crippen LogP contribution in [0.15, 0.2) is 12.1 Å². The zero-order valence-electron chi connectivity index (χ0n) is 8.63. The molecule has 1 N–H and O–H groups in total. The van der Waals surface area contributed by atoms with Crippen molar-refractivity contribution in [1.29, 1.82) is 0 Å². The maximum atomic E-state index is 10.6. The number of rotatable bonds is 3. The van der Waals surface area contributed by atoms with Crippen LogP contribution in [0, 0.1) is 13.8 Å². The van der Waals surface area contributed by atoms with Gasteiger partial charge in [0, 0.05) is 5.56 Å². The molecule has 0 heterocycles. The average Bonchev–Trinajstić information content (AvgIpc) is 2.01. The molecule has 0 spiro atoms. The van der Waals surface area contributed by atoms with E-state index in [0.717, 1.165) is 16.7 Å². The predicted octanol–water partition coefficient (Wildman–Crippen LogP) is 1.94. The molecule has 0 atom stereocenters. The molecule has 0 aliphatic rings. The van der Waals surface area contributed by atoms with Crippen LogP contribution < -0.4 is 4.74 Å². The Balaban J connectivity index is 3.17. The summed E-state index contributed by atoms with van der Waals surface area (Å²) in [5.41, 5.74) is 2.76. The van der Waals surface area contributed by atoms with Gasteiger partial charge >= 0.3 is 5.97 Å². The third kappa shape index (κ3) is 2.25. The highest BCUT2D eigenvalue weighted by molar-refractivity contribution is 5.71. The number of hydrogen-bond acceptors (Lipinski definition) is 2. The van der Waals surface area contributed by atoms with Gasteiger partial charge in [0.1, 0.15) is 5.75 Å². The molecule has 1 aromatic rings. The summed E-state index contributed by atoms with van der Waals surface area (Å²) in [4.78, 5) is 10.6. The maximum Gasteiger partial charge on any atom is 0.307 e. The van der Waals surface area contributed by atoms with Gasteiger partial charge in [-0.25, -0.2) is 0 Å². The summed E-state index contributed by atoms with van der Waals surface area (Å²) in [5, 5.41) is 8.71. The van der Waals surface area contributed by atoms with Crippen molar-refractivity contribution in [3.05, 3.63) is 28.8 Å². The lowest BCUT2D eigenvalue weighted by atomic mass is 10.0. The van der Waals surface area contributed by atoms with Gasteiger partial charge in [0.05, 0.1) is 13.5 Å². The molecule has 0 saturated heterocycles. The molecule has 1 aromatic carbocycles. The average molecular weight is 194 g/mol. The number of carboxylic acids is 1. The van der Waals surface area contributed by atoms with Gasteiger partial charge in [-0.15, -0.1) is 0 Å². The first-order chi connectivity index (χ1) is 6.54. The Labute approximate surface area is 83.3 Å². The quantitative estimate of drug-likeness (QED) is 0.799. The van der Waals surface area contributed by atoms with E-state index >= 15 is 0 Å². The van der Waals surface area contributed by atoms with Crippen molar-refractivity contribution in [3.63, 3.8) is 0 Å². The first kappa shape index (κ1) is 10.6. The second-order valence-corrected chi connectivity index (χ2v) is 3.34. The number of carbonyl (C=O) groups is 1. The van der Waals surface area contributed by atoms with Crippen molar-refractivity contribution in [3.8, 4) is 5.75 Å². The molecule has 0 aliphatic heterocycles. The Morgan fingerprint density at radius 1 is 1.43 bits per heavy atom. The molecule has 0 aliphatic carbocycles. The molecule has 0 fully saturated rings. The topological polar surface area (TPSA) is 46.5 Å². The summed E-state index contributed by atoms with van der Waals surface area (Å²) in [5.74, 6) is -0.161. The second-order valence-electron chi connectivity index (χ2n) is 3.34. The zero-order chi connectivity index (χ0) is 10.7. The van der Waals surface area contributed by atoms with E-state index in [-0.39, 0.29) is 6.42 Å². The first-order valence-electron chi connectivity index (χ1n) is 4.40. The van der Waals surface area contributed by atoms with Crippen molar-refractivity contribution < 1.29 is 14.6 Å². The lowest BCUT2D eigenvalue weighted by Crippen LogP contribution is -2.03. The zero-order valence-corrected chi connectivity index (χ0v) is 8.63. The van der Waals surface area contributed by atoms with E-state index in [4.69, 9.17) is 9.84 Å². The highest BCUT2D eigenvalue weighted by Gasteiger charge is 2.10. The van der Waals surface area contributed by atoms with Crippen LogP contribution in [-0.4, -0.2) is 18.2 Å². The molecule has 0 saturated carbocycles. The minimum absolute atomic E-state index is 0.00565. The monoisotopic (exact) mass is 194 g/mol. The fourth-order valence-corrected chi connectivity index (χ4v) is 1.63. The number of hydrogen-bond donors (Lipinski definition) is 1. The van der Waals surface area contributed by atoms with E-state index in [2.05, 4.69) is 0 Å². The molecular weight excluding hydrogens is 180 g/mol. The second kappa shape index (κ2) is 4.13. The SMILES string of the molecule is COc1c(C)cc(C)cc1CC(=O)O. The van der Waals surface area contributed by atoms with E-state index in [9.17, 15) is 4.79 Å². The predicted molar refractivity (Wildman–Crippen MR) is 53.8 cm³/mol. The van der Waals surface area contributed by atoms with E-state index in [1.807, 2.05) is 26.0 Å². The van der Waals surface area contributed by atoms with Crippen LogP contribution in [0.1, 0.15) is 16.7 Å². The van der Waals surface area contributed by atoms with Crippen LogP contribution in [0.3, 0.4) is 0 Å². The summed E-state index contributed by atoms with van der Waals surface area (Å²) in [6, 6.07) is 3.82. The Hall–Kier alpha value is -1.51. The normalized spacial score (nSPS) is 9.93. The Morgan fingerprint density at radius 2 is 2.07 bits per heavy atom. The molecule has 0 aromatic heterocycles. The van der Waals surface area contributed by atoms with Crippen molar-refractivity contribution in [2.45, 2.75) is 20.3 Å². The van der Waals surface area contributed by atoms with Gasteiger partial charge in [0.25, 0.3) is 0 Å². The number of ether oxygens (including phenoxy) is 1. The van der Waals surface area contributed by atoms with E-state index < -0.39 is 5.97 Å². The van der Waals surface area contributed by atoms with Gasteiger partial charge in [-0.3, -0.25) is 4.79 Å². The summed E-state index contributed by atoms with van der Waals surface area (Å²) >= 11 is 0. The summed E-state index contributed by atoms with van der Waals surface area (Å²) in [6.07, 6.45) is 0.00565. The molecular formula is C11H14O3. The Morgan fingerprint density at radius 3 is 2.57 bits per heavy atom. The molecule has 1 rings (SSSR count). The fourth-order valence-electron chi connectivity index (χ4n) is 1.63.